The van der Waals surface area contributed by atoms with Crippen LogP contribution in [0.2, 0.25) is 0 Å². The minimum atomic E-state index is -0.323. The molecule has 0 atom stereocenters. The Balaban J connectivity index is 2.57. The van der Waals surface area contributed by atoms with Crippen molar-refractivity contribution in [3.63, 3.8) is 0 Å². The number of aromatic nitrogens is 2. The molecule has 0 unspecified atom stereocenters. The second kappa shape index (κ2) is 3.57. The minimum absolute atomic E-state index is 0.195. The molecule has 0 radical (unpaired) electrons. The van der Waals surface area contributed by atoms with Crippen molar-refractivity contribution < 1.29 is 0 Å². The quantitative estimate of drug-likeness (QED) is 0.835. The lowest BCUT2D eigenvalue weighted by Gasteiger charge is -2.36. The summed E-state index contributed by atoms with van der Waals surface area (Å²) >= 11 is 0. The zero-order valence-corrected chi connectivity index (χ0v) is 11.3. The number of benzene rings is 1. The first-order valence-electron chi connectivity index (χ1n) is 5.97. The normalized spacial score (nSPS) is 13.3. The summed E-state index contributed by atoms with van der Waals surface area (Å²) in [7, 11) is 0. The Morgan fingerprint density at radius 1 is 1.18 bits per heavy atom. The van der Waals surface area contributed by atoms with E-state index in [0.717, 1.165) is 16.9 Å². The van der Waals surface area contributed by atoms with E-state index in [9.17, 15) is 0 Å². The third-order valence-electron chi connectivity index (χ3n) is 3.84. The molecule has 0 aliphatic heterocycles. The standard InChI is InChI=1S/C14H21N3/c1-9-6-7-10-11(8-9)17-12(16-10)13(2,3)14(4,5)15/h6-8H,15H2,1-5H3,(H,16,17). The van der Waals surface area contributed by atoms with Crippen molar-refractivity contribution >= 4 is 11.0 Å². The Labute approximate surface area is 102 Å². The van der Waals surface area contributed by atoms with Gasteiger partial charge in [-0.2, -0.15) is 0 Å². The molecule has 3 N–H and O–H groups in total. The summed E-state index contributed by atoms with van der Waals surface area (Å²) in [6, 6.07) is 6.24. The summed E-state index contributed by atoms with van der Waals surface area (Å²) in [6.07, 6.45) is 0. The van der Waals surface area contributed by atoms with Gasteiger partial charge in [-0.05, 0) is 38.5 Å². The predicted octanol–water partition coefficient (Wildman–Crippen LogP) is 2.89. The number of imidazole rings is 1. The molecule has 1 aromatic heterocycles. The lowest BCUT2D eigenvalue weighted by atomic mass is 9.74. The van der Waals surface area contributed by atoms with E-state index in [1.165, 1.54) is 5.56 Å². The zero-order chi connectivity index (χ0) is 12.8. The first kappa shape index (κ1) is 12.1. The van der Waals surface area contributed by atoms with E-state index in [2.05, 4.69) is 42.9 Å². The van der Waals surface area contributed by atoms with Crippen LogP contribution in [0.1, 0.15) is 39.1 Å². The molecule has 0 spiro atoms. The molecule has 0 amide bonds. The van der Waals surface area contributed by atoms with Gasteiger partial charge in [0.1, 0.15) is 5.82 Å². The van der Waals surface area contributed by atoms with Gasteiger partial charge in [0.15, 0.2) is 0 Å². The van der Waals surface area contributed by atoms with Crippen molar-refractivity contribution in [1.29, 1.82) is 0 Å². The fourth-order valence-electron chi connectivity index (χ4n) is 1.72. The predicted molar refractivity (Wildman–Crippen MR) is 72.1 cm³/mol. The number of hydrogen-bond acceptors (Lipinski definition) is 2. The Bertz CT molecular complexity index is 544. The summed E-state index contributed by atoms with van der Waals surface area (Å²) in [4.78, 5) is 8.05. The lowest BCUT2D eigenvalue weighted by molar-refractivity contribution is 0.293. The summed E-state index contributed by atoms with van der Waals surface area (Å²) in [5.74, 6) is 0.950. The van der Waals surface area contributed by atoms with Crippen molar-refractivity contribution in [2.45, 2.75) is 45.6 Å². The molecule has 2 aromatic rings. The molecule has 2 rings (SSSR count). The number of nitrogens with one attached hydrogen (secondary N) is 1. The molecule has 0 saturated heterocycles. The number of fused-ring (bicyclic) bond motifs is 1. The van der Waals surface area contributed by atoms with Crippen LogP contribution in [0.15, 0.2) is 18.2 Å². The van der Waals surface area contributed by atoms with E-state index in [4.69, 9.17) is 5.73 Å². The van der Waals surface area contributed by atoms with Gasteiger partial charge in [0.2, 0.25) is 0 Å². The number of aryl methyl sites for hydroxylation is 1. The van der Waals surface area contributed by atoms with Gasteiger partial charge in [0.25, 0.3) is 0 Å². The van der Waals surface area contributed by atoms with Gasteiger partial charge in [-0.1, -0.05) is 19.9 Å². The van der Waals surface area contributed by atoms with Gasteiger partial charge in [0, 0.05) is 11.0 Å². The van der Waals surface area contributed by atoms with E-state index >= 15 is 0 Å². The van der Waals surface area contributed by atoms with Gasteiger partial charge < -0.3 is 10.7 Å². The number of aromatic amines is 1. The highest BCUT2D eigenvalue weighted by atomic mass is 15.0. The van der Waals surface area contributed by atoms with E-state index in [-0.39, 0.29) is 11.0 Å². The van der Waals surface area contributed by atoms with E-state index in [0.29, 0.717) is 0 Å². The summed E-state index contributed by atoms with van der Waals surface area (Å²) in [5.41, 5.74) is 9.04. The van der Waals surface area contributed by atoms with Crippen LogP contribution >= 0.6 is 0 Å². The van der Waals surface area contributed by atoms with Gasteiger partial charge >= 0.3 is 0 Å². The second-order valence-electron chi connectivity index (χ2n) is 5.95. The van der Waals surface area contributed by atoms with Gasteiger partial charge in [-0.3, -0.25) is 0 Å². The fourth-order valence-corrected chi connectivity index (χ4v) is 1.72. The molecular formula is C14H21N3. The average molecular weight is 231 g/mol. The largest absolute Gasteiger partial charge is 0.341 e. The van der Waals surface area contributed by atoms with Crippen LogP contribution in [-0.4, -0.2) is 15.5 Å². The average Bonchev–Trinajstić information content (AvgIpc) is 2.58. The first-order valence-corrected chi connectivity index (χ1v) is 5.97. The first-order chi connectivity index (χ1) is 7.72. The molecule has 92 valence electrons. The molecule has 3 heteroatoms. The van der Waals surface area contributed by atoms with Gasteiger partial charge in [-0.25, -0.2) is 4.98 Å². The molecule has 1 heterocycles. The molecule has 1 aromatic carbocycles. The fraction of sp³-hybridized carbons (Fsp3) is 0.500. The number of hydrogen-bond donors (Lipinski definition) is 2. The van der Waals surface area contributed by atoms with E-state index < -0.39 is 0 Å². The highest BCUT2D eigenvalue weighted by Crippen LogP contribution is 2.32. The highest BCUT2D eigenvalue weighted by molar-refractivity contribution is 5.76. The third kappa shape index (κ3) is 1.95. The van der Waals surface area contributed by atoms with Crippen LogP contribution in [0.3, 0.4) is 0 Å². The van der Waals surface area contributed by atoms with Gasteiger partial charge in [-0.15, -0.1) is 0 Å². The SMILES string of the molecule is Cc1ccc2nc(C(C)(C)C(C)(C)N)[nH]c2c1. The molecule has 0 saturated carbocycles. The van der Waals surface area contributed by atoms with Crippen molar-refractivity contribution in [1.82, 2.24) is 9.97 Å². The minimum Gasteiger partial charge on any atom is -0.341 e. The number of nitrogens with two attached hydrogens (primary N) is 1. The molecule has 0 aliphatic carbocycles. The van der Waals surface area contributed by atoms with Crippen molar-refractivity contribution in [3.05, 3.63) is 29.6 Å². The molecule has 0 fully saturated rings. The summed E-state index contributed by atoms with van der Waals surface area (Å²) in [6.45, 7) is 10.4. The molecule has 0 bridgehead atoms. The Kier molecular flexibility index (Phi) is 2.54. The van der Waals surface area contributed by atoms with Crippen LogP contribution in [-0.2, 0) is 5.41 Å². The van der Waals surface area contributed by atoms with Crippen LogP contribution < -0.4 is 5.73 Å². The maximum absolute atomic E-state index is 6.24. The van der Waals surface area contributed by atoms with Crippen molar-refractivity contribution in [3.8, 4) is 0 Å². The van der Waals surface area contributed by atoms with Crippen molar-refractivity contribution in [2.75, 3.05) is 0 Å². The number of rotatable bonds is 2. The smallest absolute Gasteiger partial charge is 0.114 e. The number of H-pyrrole nitrogens is 1. The summed E-state index contributed by atoms with van der Waals surface area (Å²) in [5, 5.41) is 0. The monoisotopic (exact) mass is 231 g/mol. The maximum atomic E-state index is 6.24. The Morgan fingerprint density at radius 3 is 2.41 bits per heavy atom. The molecule has 3 nitrogen and oxygen atoms in total. The molecular weight excluding hydrogens is 210 g/mol. The third-order valence-corrected chi connectivity index (χ3v) is 3.84. The highest BCUT2D eigenvalue weighted by Gasteiger charge is 2.37. The summed E-state index contributed by atoms with van der Waals surface area (Å²) < 4.78 is 0. The van der Waals surface area contributed by atoms with Gasteiger partial charge in [0.05, 0.1) is 11.0 Å². The molecule has 17 heavy (non-hydrogen) atoms. The van der Waals surface area contributed by atoms with Crippen LogP contribution in [0.25, 0.3) is 11.0 Å². The molecule has 0 aliphatic rings. The van der Waals surface area contributed by atoms with E-state index in [1.807, 2.05) is 19.9 Å². The second-order valence-corrected chi connectivity index (χ2v) is 5.95. The topological polar surface area (TPSA) is 54.7 Å². The van der Waals surface area contributed by atoms with Crippen LogP contribution in [0, 0.1) is 6.92 Å². The Hall–Kier alpha value is -1.35. The van der Waals surface area contributed by atoms with E-state index in [1.54, 1.807) is 0 Å². The lowest BCUT2D eigenvalue weighted by Crippen LogP contribution is -2.50. The number of nitrogens with zero attached hydrogens (tertiary/aromatic N) is 1. The van der Waals surface area contributed by atoms with Crippen LogP contribution in [0.5, 0.6) is 0 Å². The zero-order valence-electron chi connectivity index (χ0n) is 11.3. The maximum Gasteiger partial charge on any atom is 0.114 e. The van der Waals surface area contributed by atoms with Crippen molar-refractivity contribution in [2.24, 2.45) is 5.73 Å². The Morgan fingerprint density at radius 2 is 1.82 bits per heavy atom. The van der Waals surface area contributed by atoms with Crippen LogP contribution in [0.4, 0.5) is 0 Å².